The predicted molar refractivity (Wildman–Crippen MR) is 83.2 cm³/mol. The first kappa shape index (κ1) is 15.1. The van der Waals surface area contributed by atoms with E-state index in [1.807, 2.05) is 6.07 Å². The van der Waals surface area contributed by atoms with Crippen LogP contribution in [-0.2, 0) is 10.0 Å². The zero-order chi connectivity index (χ0) is 15.8. The summed E-state index contributed by atoms with van der Waals surface area (Å²) in [6.45, 7) is 4.75. The van der Waals surface area contributed by atoms with E-state index < -0.39 is 14.8 Å². The van der Waals surface area contributed by atoms with Crippen molar-refractivity contribution in [1.29, 1.82) is 5.26 Å². The van der Waals surface area contributed by atoms with Crippen LogP contribution in [0.4, 0.5) is 11.4 Å². The van der Waals surface area contributed by atoms with E-state index in [1.165, 1.54) is 6.20 Å². The van der Waals surface area contributed by atoms with Gasteiger partial charge in [-0.05, 0) is 39.0 Å². The van der Waals surface area contributed by atoms with Gasteiger partial charge in [-0.25, -0.2) is 8.42 Å². The molecule has 3 N–H and O–H groups in total. The predicted octanol–water partition coefficient (Wildman–Crippen LogP) is 2.23. The molecule has 0 fully saturated rings. The lowest BCUT2D eigenvalue weighted by molar-refractivity contribution is 0.566. The van der Waals surface area contributed by atoms with Crippen molar-refractivity contribution >= 4 is 32.3 Å². The molecular weight excluding hydrogens is 288 g/mol. The van der Waals surface area contributed by atoms with Gasteiger partial charge < -0.3 is 5.73 Å². The van der Waals surface area contributed by atoms with E-state index in [9.17, 15) is 13.7 Å². The Kier molecular flexibility index (Phi) is 3.51. The number of benzene rings is 1. The van der Waals surface area contributed by atoms with Crippen LogP contribution in [0.5, 0.6) is 0 Å². The topological polar surface area (TPSA) is 109 Å². The number of nitrogens with two attached hydrogens (primary N) is 1. The average molecular weight is 304 g/mol. The van der Waals surface area contributed by atoms with Crippen LogP contribution < -0.4 is 10.5 Å². The first-order chi connectivity index (χ1) is 9.65. The average Bonchev–Trinajstić information content (AvgIpc) is 2.38. The number of rotatable bonds is 2. The highest BCUT2D eigenvalue weighted by Crippen LogP contribution is 2.30. The molecule has 0 unspecified atom stereocenters. The van der Waals surface area contributed by atoms with E-state index >= 15 is 0 Å². The molecule has 7 heteroatoms. The first-order valence-electron chi connectivity index (χ1n) is 6.26. The third-order valence-corrected chi connectivity index (χ3v) is 5.14. The summed E-state index contributed by atoms with van der Waals surface area (Å²) in [6.07, 6.45) is 1.35. The molecule has 1 heterocycles. The van der Waals surface area contributed by atoms with Crippen LogP contribution in [0.15, 0.2) is 24.4 Å². The minimum absolute atomic E-state index is 0.154. The number of anilines is 2. The summed E-state index contributed by atoms with van der Waals surface area (Å²) in [4.78, 5) is 4.13. The molecule has 2 rings (SSSR count). The van der Waals surface area contributed by atoms with E-state index in [0.717, 1.165) is 0 Å². The van der Waals surface area contributed by atoms with Crippen LogP contribution in [0.1, 0.15) is 26.3 Å². The fraction of sp³-hybridized carbons (Fsp3) is 0.286. The summed E-state index contributed by atoms with van der Waals surface area (Å²) in [5, 5.41) is 9.69. The minimum atomic E-state index is -3.66. The molecule has 1 aromatic carbocycles. The summed E-state index contributed by atoms with van der Waals surface area (Å²) in [5.41, 5.74) is 7.15. The maximum absolute atomic E-state index is 12.3. The van der Waals surface area contributed by atoms with Gasteiger partial charge in [0.25, 0.3) is 0 Å². The van der Waals surface area contributed by atoms with Crippen LogP contribution in [0, 0.1) is 11.3 Å². The second-order valence-electron chi connectivity index (χ2n) is 5.65. The lowest BCUT2D eigenvalue weighted by atomic mass is 10.1. The number of nitrogens with zero attached hydrogens (tertiary/aromatic N) is 2. The summed E-state index contributed by atoms with van der Waals surface area (Å²) in [7, 11) is -3.66. The number of nitrogens with one attached hydrogen (secondary N) is 1. The number of hydrogen-bond acceptors (Lipinski definition) is 5. The van der Waals surface area contributed by atoms with E-state index in [2.05, 4.69) is 9.71 Å². The van der Waals surface area contributed by atoms with Gasteiger partial charge in [0.1, 0.15) is 6.07 Å². The number of nitriles is 1. The monoisotopic (exact) mass is 304 g/mol. The van der Waals surface area contributed by atoms with E-state index in [4.69, 9.17) is 5.73 Å². The smallest absolute Gasteiger partial charge is 0.237 e. The first-order valence-corrected chi connectivity index (χ1v) is 7.75. The third kappa shape index (κ3) is 2.76. The Bertz CT molecular complexity index is 846. The number of pyridine rings is 1. The van der Waals surface area contributed by atoms with Gasteiger partial charge in [0.2, 0.25) is 10.0 Å². The highest BCUT2D eigenvalue weighted by Gasteiger charge is 2.30. The molecule has 0 aliphatic heterocycles. The highest BCUT2D eigenvalue weighted by atomic mass is 32.2. The van der Waals surface area contributed by atoms with Crippen molar-refractivity contribution in [2.24, 2.45) is 0 Å². The van der Waals surface area contributed by atoms with Crippen LogP contribution in [0.25, 0.3) is 10.9 Å². The molecule has 0 aliphatic carbocycles. The van der Waals surface area contributed by atoms with Crippen LogP contribution >= 0.6 is 0 Å². The van der Waals surface area contributed by atoms with Crippen molar-refractivity contribution in [2.75, 3.05) is 10.5 Å². The molecule has 0 bridgehead atoms. The van der Waals surface area contributed by atoms with Crippen LogP contribution in [-0.4, -0.2) is 18.1 Å². The molecule has 21 heavy (non-hydrogen) atoms. The Morgan fingerprint density at radius 1 is 1.33 bits per heavy atom. The molecule has 0 amide bonds. The third-order valence-electron chi connectivity index (χ3n) is 3.06. The molecule has 6 nitrogen and oxygen atoms in total. The lowest BCUT2D eigenvalue weighted by Crippen LogP contribution is -2.34. The van der Waals surface area contributed by atoms with Crippen molar-refractivity contribution in [1.82, 2.24) is 4.98 Å². The zero-order valence-electron chi connectivity index (χ0n) is 12.0. The molecule has 0 saturated carbocycles. The summed E-state index contributed by atoms with van der Waals surface area (Å²) in [6, 6.07) is 6.90. The Morgan fingerprint density at radius 3 is 2.57 bits per heavy atom. The van der Waals surface area contributed by atoms with Gasteiger partial charge in [0.05, 0.1) is 21.5 Å². The fourth-order valence-electron chi connectivity index (χ4n) is 1.69. The molecule has 2 aromatic rings. The van der Waals surface area contributed by atoms with Gasteiger partial charge in [0, 0.05) is 17.3 Å². The van der Waals surface area contributed by atoms with Crippen molar-refractivity contribution in [3.63, 3.8) is 0 Å². The standard InChI is InChI=1S/C14H16N4O2S/c1-14(2,3)21(19,20)18-13-9(7-15)8-17-12-5-4-10(16)6-11(12)13/h4-6,8H,16H2,1-3H3,(H,17,18). The molecule has 0 aliphatic rings. The second-order valence-corrected chi connectivity index (χ2v) is 8.09. The summed E-state index contributed by atoms with van der Waals surface area (Å²) >= 11 is 0. The number of aromatic nitrogens is 1. The minimum Gasteiger partial charge on any atom is -0.399 e. The zero-order valence-corrected chi connectivity index (χ0v) is 12.8. The fourth-order valence-corrected chi connectivity index (χ4v) is 2.49. The molecule has 0 spiro atoms. The molecule has 110 valence electrons. The SMILES string of the molecule is CC(C)(C)S(=O)(=O)Nc1c(C#N)cnc2ccc(N)cc12. The van der Waals surface area contributed by atoms with Gasteiger partial charge in [-0.3, -0.25) is 9.71 Å². The van der Waals surface area contributed by atoms with E-state index in [1.54, 1.807) is 39.0 Å². The van der Waals surface area contributed by atoms with E-state index in [0.29, 0.717) is 16.6 Å². The molecular formula is C14H16N4O2S. The lowest BCUT2D eigenvalue weighted by Gasteiger charge is -2.21. The molecule has 1 aromatic heterocycles. The second kappa shape index (κ2) is 4.90. The molecule has 0 atom stereocenters. The number of sulfonamides is 1. The maximum atomic E-state index is 12.3. The Morgan fingerprint density at radius 2 is 2.00 bits per heavy atom. The van der Waals surface area contributed by atoms with Gasteiger partial charge in [0.15, 0.2) is 0 Å². The number of nitrogen functional groups attached to an aromatic ring is 1. The largest absolute Gasteiger partial charge is 0.399 e. The van der Waals surface area contributed by atoms with Gasteiger partial charge >= 0.3 is 0 Å². The summed E-state index contributed by atoms with van der Waals surface area (Å²) in [5.74, 6) is 0. The maximum Gasteiger partial charge on any atom is 0.237 e. The van der Waals surface area contributed by atoms with Crippen molar-refractivity contribution in [3.05, 3.63) is 30.0 Å². The van der Waals surface area contributed by atoms with Gasteiger partial charge in [-0.1, -0.05) is 0 Å². The van der Waals surface area contributed by atoms with Crippen LogP contribution in [0.3, 0.4) is 0 Å². The Hall–Kier alpha value is -2.33. The van der Waals surface area contributed by atoms with Crippen molar-refractivity contribution in [2.45, 2.75) is 25.5 Å². The highest BCUT2D eigenvalue weighted by molar-refractivity contribution is 7.94. The van der Waals surface area contributed by atoms with Gasteiger partial charge in [-0.2, -0.15) is 5.26 Å². The van der Waals surface area contributed by atoms with Crippen LogP contribution in [0.2, 0.25) is 0 Å². The quantitative estimate of drug-likeness (QED) is 0.827. The number of hydrogen-bond donors (Lipinski definition) is 2. The Balaban J connectivity index is 2.73. The summed E-state index contributed by atoms with van der Waals surface area (Å²) < 4.78 is 26.2. The van der Waals surface area contributed by atoms with Crippen molar-refractivity contribution < 1.29 is 8.42 Å². The molecule has 0 saturated heterocycles. The van der Waals surface area contributed by atoms with Crippen molar-refractivity contribution in [3.8, 4) is 6.07 Å². The van der Waals surface area contributed by atoms with Gasteiger partial charge in [-0.15, -0.1) is 0 Å². The van der Waals surface area contributed by atoms with E-state index in [-0.39, 0.29) is 11.3 Å². The Labute approximate surface area is 123 Å². The molecule has 0 radical (unpaired) electrons. The number of fused-ring (bicyclic) bond motifs is 1. The normalized spacial score (nSPS) is 12.1.